The Morgan fingerprint density at radius 1 is 1.32 bits per heavy atom. The van der Waals surface area contributed by atoms with Crippen molar-refractivity contribution in [2.24, 2.45) is 0 Å². The van der Waals surface area contributed by atoms with Gasteiger partial charge in [0.25, 0.3) is 0 Å². The van der Waals surface area contributed by atoms with Crippen molar-refractivity contribution in [1.29, 1.82) is 5.26 Å². The third kappa shape index (κ3) is 2.04. The molecular formula is C14H15N3O2. The van der Waals surface area contributed by atoms with Gasteiger partial charge in [0.1, 0.15) is 11.7 Å². The van der Waals surface area contributed by atoms with Gasteiger partial charge >= 0.3 is 6.09 Å². The van der Waals surface area contributed by atoms with Crippen molar-refractivity contribution in [3.63, 3.8) is 0 Å². The molecule has 1 aromatic carbocycles. The number of hydrogen-bond acceptors (Lipinski definition) is 4. The van der Waals surface area contributed by atoms with E-state index in [4.69, 9.17) is 10.00 Å². The molecule has 2 saturated heterocycles. The quantitative estimate of drug-likeness (QED) is 0.830. The molecule has 0 radical (unpaired) electrons. The molecule has 2 aliphatic rings. The molecule has 0 aliphatic carbocycles. The molecule has 2 fully saturated rings. The van der Waals surface area contributed by atoms with E-state index < -0.39 is 0 Å². The van der Waals surface area contributed by atoms with Gasteiger partial charge in [0, 0.05) is 12.8 Å². The van der Waals surface area contributed by atoms with E-state index in [0.717, 1.165) is 25.9 Å². The van der Waals surface area contributed by atoms with Gasteiger partial charge in [-0.2, -0.15) is 5.26 Å². The number of carbonyl (C=O) groups excluding carboxylic acids is 1. The van der Waals surface area contributed by atoms with E-state index in [-0.39, 0.29) is 11.7 Å². The molecule has 0 saturated carbocycles. The molecule has 1 aromatic rings. The number of benzene rings is 1. The van der Waals surface area contributed by atoms with Crippen LogP contribution in [0.3, 0.4) is 0 Å². The minimum absolute atomic E-state index is 0.343. The van der Waals surface area contributed by atoms with Crippen molar-refractivity contribution in [3.05, 3.63) is 29.8 Å². The third-order valence-corrected chi connectivity index (χ3v) is 3.80. The lowest BCUT2D eigenvalue weighted by molar-refractivity contribution is 0.0316. The van der Waals surface area contributed by atoms with Crippen molar-refractivity contribution in [2.75, 3.05) is 24.5 Å². The summed E-state index contributed by atoms with van der Waals surface area (Å²) in [6, 6.07) is 9.26. The Kier molecular flexibility index (Phi) is 2.88. The van der Waals surface area contributed by atoms with E-state index in [1.54, 1.807) is 23.1 Å². The predicted octanol–water partition coefficient (Wildman–Crippen LogP) is 1.64. The van der Waals surface area contributed by atoms with Crippen molar-refractivity contribution < 1.29 is 9.53 Å². The molecule has 5 nitrogen and oxygen atoms in total. The molecule has 1 spiro atoms. The second kappa shape index (κ2) is 4.56. The zero-order valence-corrected chi connectivity index (χ0v) is 10.6. The molecule has 98 valence electrons. The Morgan fingerprint density at radius 2 is 2.05 bits per heavy atom. The molecule has 2 aliphatic heterocycles. The molecule has 3 rings (SSSR count). The van der Waals surface area contributed by atoms with Gasteiger partial charge < -0.3 is 10.1 Å². The molecule has 1 amide bonds. The van der Waals surface area contributed by atoms with Crippen LogP contribution in [0.4, 0.5) is 10.5 Å². The van der Waals surface area contributed by atoms with Gasteiger partial charge in [-0.1, -0.05) is 12.1 Å². The van der Waals surface area contributed by atoms with E-state index in [9.17, 15) is 4.79 Å². The normalized spacial score (nSPS) is 21.2. The number of hydrogen-bond donors (Lipinski definition) is 1. The maximum atomic E-state index is 12.1. The standard InChI is InChI=1S/C14H15N3O2/c15-9-11-3-1-2-4-12(11)17-10-14(19-13(17)18)5-7-16-8-6-14/h1-4,16H,5-8,10H2. The van der Waals surface area contributed by atoms with Crippen LogP contribution in [-0.2, 0) is 4.74 Å². The van der Waals surface area contributed by atoms with Crippen molar-refractivity contribution >= 4 is 11.8 Å². The van der Waals surface area contributed by atoms with Crippen LogP contribution in [0.15, 0.2) is 24.3 Å². The van der Waals surface area contributed by atoms with Crippen molar-refractivity contribution in [3.8, 4) is 6.07 Å². The molecule has 0 aromatic heterocycles. The largest absolute Gasteiger partial charge is 0.441 e. The van der Waals surface area contributed by atoms with Gasteiger partial charge in [-0.3, -0.25) is 4.90 Å². The maximum absolute atomic E-state index is 12.1. The van der Waals surface area contributed by atoms with Gasteiger partial charge in [0.2, 0.25) is 0 Å². The van der Waals surface area contributed by atoms with Gasteiger partial charge in [0.05, 0.1) is 17.8 Å². The Bertz CT molecular complexity index is 544. The SMILES string of the molecule is N#Cc1ccccc1N1CC2(CCNCC2)OC1=O. The molecule has 2 heterocycles. The topological polar surface area (TPSA) is 65.4 Å². The summed E-state index contributed by atoms with van der Waals surface area (Å²) in [5.41, 5.74) is 0.765. The van der Waals surface area contributed by atoms with Crippen LogP contribution in [0, 0.1) is 11.3 Å². The van der Waals surface area contributed by atoms with Crippen LogP contribution in [0.1, 0.15) is 18.4 Å². The number of nitrogens with one attached hydrogen (secondary N) is 1. The molecule has 1 N–H and O–H groups in total. The van der Waals surface area contributed by atoms with Crippen molar-refractivity contribution in [2.45, 2.75) is 18.4 Å². The first-order chi connectivity index (χ1) is 9.24. The average molecular weight is 257 g/mol. The third-order valence-electron chi connectivity index (χ3n) is 3.80. The Morgan fingerprint density at radius 3 is 2.79 bits per heavy atom. The van der Waals surface area contributed by atoms with Crippen LogP contribution in [0.2, 0.25) is 0 Å². The molecule has 5 heteroatoms. The van der Waals surface area contributed by atoms with Crippen LogP contribution >= 0.6 is 0 Å². The fourth-order valence-corrected chi connectivity index (χ4v) is 2.75. The fourth-order valence-electron chi connectivity index (χ4n) is 2.75. The number of anilines is 1. The predicted molar refractivity (Wildman–Crippen MR) is 69.8 cm³/mol. The lowest BCUT2D eigenvalue weighted by Gasteiger charge is -2.31. The van der Waals surface area contributed by atoms with E-state index in [1.807, 2.05) is 6.07 Å². The Hall–Kier alpha value is -2.06. The summed E-state index contributed by atoms with van der Waals surface area (Å²) in [6.07, 6.45) is 1.30. The lowest BCUT2D eigenvalue weighted by Crippen LogP contribution is -2.44. The highest BCUT2D eigenvalue weighted by Gasteiger charge is 2.46. The minimum Gasteiger partial charge on any atom is -0.441 e. The molecule has 0 unspecified atom stereocenters. The van der Waals surface area contributed by atoms with Crippen LogP contribution in [0.25, 0.3) is 0 Å². The summed E-state index contributed by atoms with van der Waals surface area (Å²) >= 11 is 0. The van der Waals surface area contributed by atoms with Gasteiger partial charge in [-0.15, -0.1) is 0 Å². The summed E-state index contributed by atoms with van der Waals surface area (Å²) in [5, 5.41) is 12.4. The molecular weight excluding hydrogens is 242 g/mol. The summed E-state index contributed by atoms with van der Waals surface area (Å²) < 4.78 is 5.59. The Balaban J connectivity index is 1.90. The monoisotopic (exact) mass is 257 g/mol. The highest BCUT2D eigenvalue weighted by Crippen LogP contribution is 2.35. The van der Waals surface area contributed by atoms with Gasteiger partial charge in [-0.05, 0) is 25.2 Å². The smallest absolute Gasteiger partial charge is 0.415 e. The zero-order chi connectivity index (χ0) is 13.3. The maximum Gasteiger partial charge on any atom is 0.415 e. The number of para-hydroxylation sites is 1. The highest BCUT2D eigenvalue weighted by atomic mass is 16.6. The Labute approximate surface area is 111 Å². The summed E-state index contributed by atoms with van der Waals surface area (Å²) in [5.74, 6) is 0. The second-order valence-corrected chi connectivity index (χ2v) is 5.02. The number of nitriles is 1. The number of ether oxygens (including phenoxy) is 1. The van der Waals surface area contributed by atoms with Crippen molar-refractivity contribution in [1.82, 2.24) is 5.32 Å². The lowest BCUT2D eigenvalue weighted by atomic mass is 9.92. The van der Waals surface area contributed by atoms with E-state index in [2.05, 4.69) is 11.4 Å². The zero-order valence-electron chi connectivity index (χ0n) is 10.6. The number of carbonyl (C=O) groups is 1. The molecule has 19 heavy (non-hydrogen) atoms. The number of amides is 1. The first-order valence-corrected chi connectivity index (χ1v) is 6.44. The number of piperidine rings is 1. The molecule has 0 atom stereocenters. The summed E-state index contributed by atoms with van der Waals surface area (Å²) in [7, 11) is 0. The first kappa shape index (κ1) is 12.0. The van der Waals surface area contributed by atoms with Gasteiger partial charge in [-0.25, -0.2) is 4.79 Å². The first-order valence-electron chi connectivity index (χ1n) is 6.44. The summed E-state index contributed by atoms with van der Waals surface area (Å²) in [4.78, 5) is 13.7. The fraction of sp³-hybridized carbons (Fsp3) is 0.429. The highest BCUT2D eigenvalue weighted by molar-refractivity contribution is 5.92. The minimum atomic E-state index is -0.384. The number of nitrogens with zero attached hydrogens (tertiary/aromatic N) is 2. The van der Waals surface area contributed by atoms with Gasteiger partial charge in [0.15, 0.2) is 0 Å². The number of rotatable bonds is 1. The average Bonchev–Trinajstić information content (AvgIpc) is 2.76. The second-order valence-electron chi connectivity index (χ2n) is 5.02. The van der Waals surface area contributed by atoms with E-state index >= 15 is 0 Å². The van der Waals surface area contributed by atoms with Crippen LogP contribution in [0.5, 0.6) is 0 Å². The summed E-state index contributed by atoms with van der Waals surface area (Å²) in [6.45, 7) is 2.26. The van der Waals surface area contributed by atoms with Crippen LogP contribution in [-0.4, -0.2) is 31.3 Å². The van der Waals surface area contributed by atoms with E-state index in [0.29, 0.717) is 17.8 Å². The van der Waals surface area contributed by atoms with Crippen LogP contribution < -0.4 is 10.2 Å². The van der Waals surface area contributed by atoms with E-state index in [1.165, 1.54) is 0 Å². The molecule has 0 bridgehead atoms.